The third kappa shape index (κ3) is 3.51. The summed E-state index contributed by atoms with van der Waals surface area (Å²) in [5.41, 5.74) is 0.571. The number of nitrogens with zero attached hydrogens (tertiary/aromatic N) is 4. The van der Waals surface area contributed by atoms with Crippen molar-refractivity contribution in [1.82, 2.24) is 19.7 Å². The predicted molar refractivity (Wildman–Crippen MR) is 102 cm³/mol. The number of ether oxygens (including phenoxy) is 2. The molecule has 0 N–H and O–H groups in total. The summed E-state index contributed by atoms with van der Waals surface area (Å²) in [5.74, 6) is -1.31. The minimum Gasteiger partial charge on any atom is -0.465 e. The van der Waals surface area contributed by atoms with Crippen molar-refractivity contribution >= 4 is 22.8 Å². The number of hydrogen-bond donors (Lipinski definition) is 0. The highest BCUT2D eigenvalue weighted by molar-refractivity contribution is 5.97. The van der Waals surface area contributed by atoms with Crippen LogP contribution in [0, 0.1) is 5.82 Å². The molecular weight excluding hydrogens is 379 g/mol. The normalized spacial score (nSPS) is 13.3. The van der Waals surface area contributed by atoms with Crippen LogP contribution in [0.5, 0.6) is 11.5 Å². The highest BCUT2D eigenvalue weighted by Gasteiger charge is 2.25. The smallest absolute Gasteiger partial charge is 0.338 e. The molecule has 0 atom stereocenters. The Kier molecular flexibility index (Phi) is 4.87. The van der Waals surface area contributed by atoms with Crippen LogP contribution in [0.15, 0.2) is 30.6 Å². The van der Waals surface area contributed by atoms with Crippen LogP contribution in [0.3, 0.4) is 0 Å². The molecule has 3 aromatic rings. The van der Waals surface area contributed by atoms with Gasteiger partial charge in [-0.05, 0) is 25.5 Å². The van der Waals surface area contributed by atoms with Crippen LogP contribution in [0.4, 0.5) is 4.39 Å². The van der Waals surface area contributed by atoms with Gasteiger partial charge in [0.2, 0.25) is 0 Å². The summed E-state index contributed by atoms with van der Waals surface area (Å²) in [4.78, 5) is 29.7. The number of halogens is 1. The van der Waals surface area contributed by atoms with Gasteiger partial charge in [-0.25, -0.2) is 14.2 Å². The second kappa shape index (κ2) is 7.50. The first-order valence-electron chi connectivity index (χ1n) is 9.22. The molecule has 1 fully saturated rings. The summed E-state index contributed by atoms with van der Waals surface area (Å²) in [6.07, 6.45) is 3.97. The van der Waals surface area contributed by atoms with Gasteiger partial charge in [0.1, 0.15) is 11.5 Å². The summed E-state index contributed by atoms with van der Waals surface area (Å²) >= 11 is 0. The zero-order chi connectivity index (χ0) is 20.5. The lowest BCUT2D eigenvalue weighted by molar-refractivity contribution is 0.0599. The van der Waals surface area contributed by atoms with Crippen LogP contribution < -0.4 is 4.74 Å². The van der Waals surface area contributed by atoms with Gasteiger partial charge >= 0.3 is 5.97 Å². The third-order valence-corrected chi connectivity index (χ3v) is 4.77. The maximum absolute atomic E-state index is 14.5. The molecule has 1 aliphatic heterocycles. The number of aryl methyl sites for hydroxylation is 1. The van der Waals surface area contributed by atoms with E-state index in [4.69, 9.17) is 9.47 Å². The van der Waals surface area contributed by atoms with Crippen molar-refractivity contribution in [3.63, 3.8) is 0 Å². The van der Waals surface area contributed by atoms with Gasteiger partial charge in [-0.15, -0.1) is 0 Å². The molecule has 2 aromatic heterocycles. The lowest BCUT2D eigenvalue weighted by Gasteiger charge is -2.30. The topological polar surface area (TPSA) is 86.6 Å². The summed E-state index contributed by atoms with van der Waals surface area (Å²) < 4.78 is 26.8. The van der Waals surface area contributed by atoms with Gasteiger partial charge in [0.15, 0.2) is 11.5 Å². The number of rotatable bonds is 5. The first kappa shape index (κ1) is 18.9. The van der Waals surface area contributed by atoms with E-state index >= 15 is 0 Å². The standard InChI is InChI=1S/C20H19FN4O4/c1-3-25-11-14-16(23-25)7-12(20(27)28-2)8-17(14)29-13-9-15(21)18(22-10-13)19(26)24-5-4-6-24/h7-11H,3-6H2,1-2H3. The molecule has 0 unspecified atom stereocenters. The Morgan fingerprint density at radius 2 is 2.03 bits per heavy atom. The molecule has 0 radical (unpaired) electrons. The Labute approximate surface area is 165 Å². The fourth-order valence-corrected chi connectivity index (χ4v) is 3.05. The van der Waals surface area contributed by atoms with E-state index in [1.807, 2.05) is 6.92 Å². The van der Waals surface area contributed by atoms with Crippen LogP contribution in [0.2, 0.25) is 0 Å². The van der Waals surface area contributed by atoms with Crippen molar-refractivity contribution < 1.29 is 23.5 Å². The Balaban J connectivity index is 1.69. The van der Waals surface area contributed by atoms with Crippen LogP contribution in [-0.2, 0) is 11.3 Å². The quantitative estimate of drug-likeness (QED) is 0.614. The molecule has 3 heterocycles. The number of carbonyl (C=O) groups is 2. The van der Waals surface area contributed by atoms with Gasteiger partial charge in [0.05, 0.1) is 29.8 Å². The maximum Gasteiger partial charge on any atom is 0.338 e. The fourth-order valence-electron chi connectivity index (χ4n) is 3.05. The van der Waals surface area contributed by atoms with Gasteiger partial charge in [0.25, 0.3) is 5.91 Å². The highest BCUT2D eigenvalue weighted by atomic mass is 19.1. The minimum atomic E-state index is -0.760. The number of carbonyl (C=O) groups excluding carboxylic acids is 2. The fraction of sp³-hybridized carbons (Fsp3) is 0.300. The molecule has 0 aliphatic carbocycles. The first-order valence-corrected chi connectivity index (χ1v) is 9.22. The molecule has 9 heteroatoms. The zero-order valence-electron chi connectivity index (χ0n) is 16.0. The summed E-state index contributed by atoms with van der Waals surface area (Å²) in [6, 6.07) is 4.22. The Morgan fingerprint density at radius 3 is 2.66 bits per heavy atom. The molecule has 150 valence electrons. The van der Waals surface area contributed by atoms with Crippen molar-refractivity contribution in [3.8, 4) is 11.5 Å². The predicted octanol–water partition coefficient (Wildman–Crippen LogP) is 3.02. The SMILES string of the molecule is CCn1cc2c(Oc3cnc(C(=O)N4CCC4)c(F)c3)cc(C(=O)OC)cc2n1. The van der Waals surface area contributed by atoms with Crippen LogP contribution in [0.25, 0.3) is 10.9 Å². The molecule has 0 spiro atoms. The maximum atomic E-state index is 14.5. The van der Waals surface area contributed by atoms with E-state index < -0.39 is 17.7 Å². The molecule has 0 bridgehead atoms. The van der Waals surface area contributed by atoms with E-state index in [0.29, 0.717) is 36.3 Å². The molecular formula is C20H19FN4O4. The number of benzene rings is 1. The van der Waals surface area contributed by atoms with E-state index in [2.05, 4.69) is 10.1 Å². The molecule has 0 saturated carbocycles. The van der Waals surface area contributed by atoms with Gasteiger partial charge in [-0.3, -0.25) is 9.48 Å². The number of likely N-dealkylation sites (tertiary alicyclic amines) is 1. The molecule has 1 aromatic carbocycles. The minimum absolute atomic E-state index is 0.107. The molecule has 1 saturated heterocycles. The van der Waals surface area contributed by atoms with E-state index in [-0.39, 0.29) is 17.0 Å². The number of amides is 1. The highest BCUT2D eigenvalue weighted by Crippen LogP contribution is 2.32. The van der Waals surface area contributed by atoms with Gasteiger partial charge in [-0.2, -0.15) is 5.10 Å². The number of pyridine rings is 1. The molecule has 29 heavy (non-hydrogen) atoms. The van der Waals surface area contributed by atoms with E-state index in [9.17, 15) is 14.0 Å². The Bertz CT molecular complexity index is 1110. The van der Waals surface area contributed by atoms with Crippen LogP contribution >= 0.6 is 0 Å². The van der Waals surface area contributed by atoms with Crippen molar-refractivity contribution in [2.24, 2.45) is 0 Å². The molecule has 8 nitrogen and oxygen atoms in total. The number of fused-ring (bicyclic) bond motifs is 1. The first-order chi connectivity index (χ1) is 14.0. The van der Waals surface area contributed by atoms with E-state index in [0.717, 1.165) is 12.5 Å². The molecule has 1 aliphatic rings. The second-order valence-corrected chi connectivity index (χ2v) is 6.63. The average molecular weight is 398 g/mol. The second-order valence-electron chi connectivity index (χ2n) is 6.63. The summed E-state index contributed by atoms with van der Waals surface area (Å²) in [6.45, 7) is 3.78. The summed E-state index contributed by atoms with van der Waals surface area (Å²) in [7, 11) is 1.28. The number of esters is 1. The lowest BCUT2D eigenvalue weighted by atomic mass is 10.1. The van der Waals surface area contributed by atoms with E-state index in [1.165, 1.54) is 24.3 Å². The molecule has 4 rings (SSSR count). The average Bonchev–Trinajstić information content (AvgIpc) is 3.09. The number of hydrogen-bond acceptors (Lipinski definition) is 6. The van der Waals surface area contributed by atoms with Crippen molar-refractivity contribution in [2.45, 2.75) is 19.9 Å². The van der Waals surface area contributed by atoms with Crippen molar-refractivity contribution in [2.75, 3.05) is 20.2 Å². The van der Waals surface area contributed by atoms with Crippen molar-refractivity contribution in [3.05, 3.63) is 47.7 Å². The Hall–Kier alpha value is -3.49. The summed E-state index contributed by atoms with van der Waals surface area (Å²) in [5, 5.41) is 5.04. The number of aromatic nitrogens is 3. The largest absolute Gasteiger partial charge is 0.465 e. The van der Waals surface area contributed by atoms with Gasteiger partial charge in [0, 0.05) is 31.9 Å². The number of methoxy groups -OCH3 is 1. The monoisotopic (exact) mass is 398 g/mol. The molecule has 1 amide bonds. The lowest BCUT2D eigenvalue weighted by Crippen LogP contribution is -2.42. The van der Waals surface area contributed by atoms with Crippen molar-refractivity contribution in [1.29, 1.82) is 0 Å². The zero-order valence-corrected chi connectivity index (χ0v) is 16.0. The van der Waals surface area contributed by atoms with Crippen LogP contribution in [-0.4, -0.2) is 51.7 Å². The Morgan fingerprint density at radius 1 is 1.24 bits per heavy atom. The van der Waals surface area contributed by atoms with Gasteiger partial charge in [-0.1, -0.05) is 0 Å². The third-order valence-electron chi connectivity index (χ3n) is 4.77. The van der Waals surface area contributed by atoms with Crippen LogP contribution in [0.1, 0.15) is 34.2 Å². The van der Waals surface area contributed by atoms with Gasteiger partial charge < -0.3 is 14.4 Å². The van der Waals surface area contributed by atoms with E-state index in [1.54, 1.807) is 16.9 Å².